The molecule has 0 bridgehead atoms. The van der Waals surface area contributed by atoms with E-state index in [1.165, 1.54) is 4.90 Å². The van der Waals surface area contributed by atoms with Crippen molar-refractivity contribution in [3.05, 3.63) is 75.8 Å². The van der Waals surface area contributed by atoms with Crippen LogP contribution in [0.15, 0.2) is 54.6 Å². The summed E-state index contributed by atoms with van der Waals surface area (Å²) in [5, 5.41) is 3.94. The van der Waals surface area contributed by atoms with Gasteiger partial charge in [-0.3, -0.25) is 14.4 Å². The van der Waals surface area contributed by atoms with E-state index < -0.39 is 23.3 Å². The lowest BCUT2D eigenvalue weighted by molar-refractivity contribution is -0.146. The molecule has 2 heterocycles. The van der Waals surface area contributed by atoms with Gasteiger partial charge in [-0.2, -0.15) is 0 Å². The predicted molar refractivity (Wildman–Crippen MR) is 125 cm³/mol. The Morgan fingerprint density at radius 3 is 2.59 bits per heavy atom. The highest BCUT2D eigenvalue weighted by Gasteiger charge is 2.63. The highest BCUT2D eigenvalue weighted by Crippen LogP contribution is 2.56. The molecule has 0 radical (unpaired) electrons. The molecule has 0 unspecified atom stereocenters. The number of carbonyl (C=O) groups excluding carboxylic acids is 3. The minimum Gasteiger partial charge on any atom is -0.368 e. The van der Waals surface area contributed by atoms with E-state index in [-0.39, 0.29) is 24.8 Å². The standard InChI is InChI=1S/C24H23Cl2N3O3/c1-3-13(2)22-24(17-8-7-16(26)10-19(17)28-23(24)32)18(14-5-4-6-15(25)9-14)11-21(31)29(22)12-20(27)30/h4-10,18,22H,2-3,11-12H2,1H3,(H2,27,30)(H,28,32)/t18-,22+,24-/m1/s1. The third-order valence-corrected chi connectivity index (χ3v) is 6.93. The number of carbonyl (C=O) groups is 3. The lowest BCUT2D eigenvalue weighted by Gasteiger charge is -2.51. The number of nitrogens with two attached hydrogens (primary N) is 1. The van der Waals surface area contributed by atoms with E-state index in [1.807, 2.05) is 13.0 Å². The summed E-state index contributed by atoms with van der Waals surface area (Å²) in [5.41, 5.74) is 6.98. The molecule has 0 aromatic heterocycles. The second-order valence-electron chi connectivity index (χ2n) is 8.23. The monoisotopic (exact) mass is 471 g/mol. The molecule has 2 aliphatic heterocycles. The van der Waals surface area contributed by atoms with Crippen LogP contribution in [0, 0.1) is 0 Å². The predicted octanol–water partition coefficient (Wildman–Crippen LogP) is 4.02. The van der Waals surface area contributed by atoms with Crippen LogP contribution in [0.4, 0.5) is 5.69 Å². The largest absolute Gasteiger partial charge is 0.368 e. The molecule has 3 N–H and O–H groups in total. The first kappa shape index (κ1) is 22.4. The van der Waals surface area contributed by atoms with Crippen LogP contribution in [0.3, 0.4) is 0 Å². The number of hydrogen-bond acceptors (Lipinski definition) is 3. The van der Waals surface area contributed by atoms with Crippen LogP contribution in [0.5, 0.6) is 0 Å². The molecule has 1 saturated heterocycles. The normalized spacial score (nSPS) is 24.4. The number of nitrogens with one attached hydrogen (secondary N) is 1. The number of primary amides is 1. The van der Waals surface area contributed by atoms with Crippen molar-refractivity contribution in [2.24, 2.45) is 5.73 Å². The van der Waals surface area contributed by atoms with Crippen molar-refractivity contribution >= 4 is 46.6 Å². The summed E-state index contributed by atoms with van der Waals surface area (Å²) >= 11 is 12.5. The molecule has 2 aromatic rings. The SMILES string of the molecule is C=C(CC)[C@@H]1N(CC(N)=O)C(=O)C[C@H](c2cccc(Cl)c2)[C@@]12C(=O)Nc1cc(Cl)ccc12. The summed E-state index contributed by atoms with van der Waals surface area (Å²) < 4.78 is 0. The Labute approximate surface area is 196 Å². The lowest BCUT2D eigenvalue weighted by Crippen LogP contribution is -2.64. The Balaban J connectivity index is 2.04. The van der Waals surface area contributed by atoms with Crippen LogP contribution in [0.1, 0.15) is 36.8 Å². The maximum Gasteiger partial charge on any atom is 0.238 e. The quantitative estimate of drug-likeness (QED) is 0.644. The van der Waals surface area contributed by atoms with Gasteiger partial charge in [-0.1, -0.05) is 60.5 Å². The molecule has 0 aliphatic carbocycles. The van der Waals surface area contributed by atoms with Crippen molar-refractivity contribution in [1.29, 1.82) is 0 Å². The van der Waals surface area contributed by atoms with Gasteiger partial charge in [0.25, 0.3) is 0 Å². The van der Waals surface area contributed by atoms with E-state index in [1.54, 1.807) is 36.4 Å². The Kier molecular flexibility index (Phi) is 5.77. The number of piperidine rings is 1. The van der Waals surface area contributed by atoms with E-state index in [0.717, 1.165) is 5.56 Å². The number of benzene rings is 2. The second-order valence-corrected chi connectivity index (χ2v) is 9.10. The topological polar surface area (TPSA) is 92.5 Å². The first-order valence-electron chi connectivity index (χ1n) is 10.3. The fourth-order valence-corrected chi connectivity index (χ4v) is 5.54. The summed E-state index contributed by atoms with van der Waals surface area (Å²) in [6, 6.07) is 11.6. The zero-order valence-corrected chi connectivity index (χ0v) is 19.0. The number of rotatable bonds is 5. The van der Waals surface area contributed by atoms with Gasteiger partial charge in [0.15, 0.2) is 0 Å². The molecule has 1 fully saturated rings. The summed E-state index contributed by atoms with van der Waals surface area (Å²) in [4.78, 5) is 40.5. The molecule has 166 valence electrons. The van der Waals surface area contributed by atoms with Crippen molar-refractivity contribution in [2.45, 2.75) is 37.1 Å². The van der Waals surface area contributed by atoms with Crippen LogP contribution in [-0.4, -0.2) is 35.2 Å². The third-order valence-electron chi connectivity index (χ3n) is 6.46. The van der Waals surface area contributed by atoms with Crippen LogP contribution in [0.25, 0.3) is 0 Å². The van der Waals surface area contributed by atoms with Gasteiger partial charge in [0.1, 0.15) is 5.41 Å². The summed E-state index contributed by atoms with van der Waals surface area (Å²) in [6.45, 7) is 5.80. The highest BCUT2D eigenvalue weighted by molar-refractivity contribution is 6.31. The zero-order valence-electron chi connectivity index (χ0n) is 17.5. The van der Waals surface area contributed by atoms with E-state index >= 15 is 0 Å². The molecule has 6 nitrogen and oxygen atoms in total. The van der Waals surface area contributed by atoms with Crippen molar-refractivity contribution in [3.8, 4) is 0 Å². The van der Waals surface area contributed by atoms with Gasteiger partial charge in [0, 0.05) is 28.1 Å². The summed E-state index contributed by atoms with van der Waals surface area (Å²) in [7, 11) is 0. The summed E-state index contributed by atoms with van der Waals surface area (Å²) in [6.07, 6.45) is 0.518. The number of halogens is 2. The van der Waals surface area contributed by atoms with E-state index in [4.69, 9.17) is 28.9 Å². The molecule has 2 aliphatic rings. The van der Waals surface area contributed by atoms with E-state index in [2.05, 4.69) is 11.9 Å². The smallest absolute Gasteiger partial charge is 0.238 e. The van der Waals surface area contributed by atoms with Crippen LogP contribution >= 0.6 is 23.2 Å². The number of amides is 3. The van der Waals surface area contributed by atoms with Gasteiger partial charge >= 0.3 is 0 Å². The number of likely N-dealkylation sites (tertiary alicyclic amines) is 1. The van der Waals surface area contributed by atoms with Crippen LogP contribution in [0.2, 0.25) is 10.0 Å². The molecule has 1 spiro atoms. The maximum atomic E-state index is 13.9. The Bertz CT molecular complexity index is 1150. The first-order valence-corrected chi connectivity index (χ1v) is 11.1. The Hall–Kier alpha value is -2.83. The first-order chi connectivity index (χ1) is 15.2. The number of nitrogens with zero attached hydrogens (tertiary/aromatic N) is 1. The molecular formula is C24H23Cl2N3O3. The van der Waals surface area contributed by atoms with Crippen LogP contribution < -0.4 is 11.1 Å². The molecule has 4 rings (SSSR count). The van der Waals surface area contributed by atoms with Gasteiger partial charge in [-0.15, -0.1) is 0 Å². The van der Waals surface area contributed by atoms with Gasteiger partial charge in [0.05, 0.1) is 12.6 Å². The molecule has 2 aromatic carbocycles. The lowest BCUT2D eigenvalue weighted by atomic mass is 9.58. The minimum absolute atomic E-state index is 0.0105. The van der Waals surface area contributed by atoms with Gasteiger partial charge in [0.2, 0.25) is 17.7 Å². The van der Waals surface area contributed by atoms with Gasteiger partial charge in [-0.05, 0) is 41.8 Å². The average Bonchev–Trinajstić information content (AvgIpc) is 3.01. The molecule has 0 saturated carbocycles. The van der Waals surface area contributed by atoms with Crippen molar-refractivity contribution in [1.82, 2.24) is 4.90 Å². The van der Waals surface area contributed by atoms with Crippen molar-refractivity contribution in [3.63, 3.8) is 0 Å². The number of hydrogen-bond donors (Lipinski definition) is 2. The third kappa shape index (κ3) is 3.38. The average molecular weight is 472 g/mol. The molecule has 3 atom stereocenters. The van der Waals surface area contributed by atoms with E-state index in [0.29, 0.717) is 33.3 Å². The zero-order chi connectivity index (χ0) is 23.2. The van der Waals surface area contributed by atoms with Gasteiger partial charge < -0.3 is 16.0 Å². The summed E-state index contributed by atoms with van der Waals surface area (Å²) in [5.74, 6) is -1.73. The molecule has 3 amide bonds. The molecule has 32 heavy (non-hydrogen) atoms. The fourth-order valence-electron chi connectivity index (χ4n) is 5.17. The minimum atomic E-state index is -1.22. The fraction of sp³-hybridized carbons (Fsp3) is 0.292. The maximum absolute atomic E-state index is 13.9. The number of anilines is 1. The number of fused-ring (bicyclic) bond motifs is 2. The second kappa shape index (κ2) is 8.26. The molecule has 8 heteroatoms. The highest BCUT2D eigenvalue weighted by atomic mass is 35.5. The van der Waals surface area contributed by atoms with E-state index in [9.17, 15) is 14.4 Å². The van der Waals surface area contributed by atoms with Crippen molar-refractivity contribution < 1.29 is 14.4 Å². The Morgan fingerprint density at radius 1 is 1.22 bits per heavy atom. The van der Waals surface area contributed by atoms with Crippen molar-refractivity contribution in [2.75, 3.05) is 11.9 Å². The van der Waals surface area contributed by atoms with Crippen LogP contribution in [-0.2, 0) is 19.8 Å². The molecular weight excluding hydrogens is 449 g/mol. The Morgan fingerprint density at radius 2 is 1.94 bits per heavy atom. The van der Waals surface area contributed by atoms with Gasteiger partial charge in [-0.25, -0.2) is 0 Å².